The minimum Gasteiger partial charge on any atom is -0.465 e. The molecule has 21 heavy (non-hydrogen) atoms. The van der Waals surface area contributed by atoms with Crippen molar-refractivity contribution in [3.05, 3.63) is 0 Å². The number of esters is 1. The van der Waals surface area contributed by atoms with Crippen molar-refractivity contribution in [3.63, 3.8) is 0 Å². The smallest absolute Gasteiger partial charge is 0.342 e. The second-order valence-electron chi connectivity index (χ2n) is 5.63. The Morgan fingerprint density at radius 1 is 0.952 bits per heavy atom. The molecule has 1 atom stereocenters. The molecule has 0 spiro atoms. The van der Waals surface area contributed by atoms with Crippen molar-refractivity contribution < 1.29 is 23.9 Å². The molecule has 0 aliphatic rings. The number of carbonyl (C=O) groups is 1. The molecule has 0 fully saturated rings. The Kier molecular flexibility index (Phi) is 10.2. The van der Waals surface area contributed by atoms with Crippen molar-refractivity contribution in [2.24, 2.45) is 0 Å². The second-order valence-corrected chi connectivity index (χ2v) is 7.57. The van der Waals surface area contributed by atoms with E-state index in [1.54, 1.807) is 0 Å². The summed E-state index contributed by atoms with van der Waals surface area (Å²) in [5, 5.41) is -1.65. The van der Waals surface area contributed by atoms with Crippen LogP contribution in [0.1, 0.15) is 78.6 Å². The van der Waals surface area contributed by atoms with E-state index in [-0.39, 0.29) is 19.4 Å². The van der Waals surface area contributed by atoms with Crippen LogP contribution in [0, 0.1) is 0 Å². The number of hydrogen-bond acceptors (Lipinski definition) is 3. The number of carbonyl (C=O) groups excluding carboxylic acids is 1. The summed E-state index contributed by atoms with van der Waals surface area (Å²) < 4.78 is 17.2. The molecule has 0 saturated carbocycles. The van der Waals surface area contributed by atoms with Crippen LogP contribution in [-0.4, -0.2) is 27.5 Å². The van der Waals surface area contributed by atoms with Crippen LogP contribution in [-0.2, 0) is 14.1 Å². The van der Waals surface area contributed by atoms with E-state index < -0.39 is 18.7 Å². The van der Waals surface area contributed by atoms with E-state index in [1.807, 2.05) is 20.8 Å². The third-order valence-corrected chi connectivity index (χ3v) is 5.55. The maximum absolute atomic E-state index is 12.4. The van der Waals surface area contributed by atoms with Crippen LogP contribution >= 0.6 is 7.60 Å². The molecule has 0 aromatic carbocycles. The second kappa shape index (κ2) is 10.4. The van der Waals surface area contributed by atoms with Gasteiger partial charge < -0.3 is 14.5 Å². The van der Waals surface area contributed by atoms with Gasteiger partial charge in [-0.05, 0) is 19.3 Å². The summed E-state index contributed by atoms with van der Waals surface area (Å²) >= 11 is 0. The van der Waals surface area contributed by atoms with Gasteiger partial charge in [0.1, 0.15) is 0 Å². The summed E-state index contributed by atoms with van der Waals surface area (Å²) in [5.41, 5.74) is 0. The first kappa shape index (κ1) is 20.6. The standard InChI is InChI=1S/C15H31O5P/c1-4-7-10-12-15(11-8-5-2,21(17,18)19)14(16)20-13-9-6-3/h4-13H2,1-3H3,(H2,17,18,19). The molecule has 0 amide bonds. The Balaban J connectivity index is 5.14. The van der Waals surface area contributed by atoms with Gasteiger partial charge in [-0.25, -0.2) is 0 Å². The SMILES string of the molecule is CCCCCC(CCCC)(C(=O)OCCCC)P(=O)(O)O. The lowest BCUT2D eigenvalue weighted by Gasteiger charge is -2.32. The van der Waals surface area contributed by atoms with Crippen LogP contribution in [0.4, 0.5) is 0 Å². The quantitative estimate of drug-likeness (QED) is 0.322. The summed E-state index contributed by atoms with van der Waals surface area (Å²) in [7, 11) is -4.56. The minimum absolute atomic E-state index is 0.197. The molecule has 0 aromatic heterocycles. The van der Waals surface area contributed by atoms with Gasteiger partial charge in [-0.3, -0.25) is 9.36 Å². The molecular formula is C15H31O5P. The van der Waals surface area contributed by atoms with E-state index in [1.165, 1.54) is 0 Å². The fourth-order valence-corrected chi connectivity index (χ4v) is 3.52. The highest BCUT2D eigenvalue weighted by Gasteiger charge is 2.53. The minimum atomic E-state index is -4.56. The van der Waals surface area contributed by atoms with E-state index in [9.17, 15) is 19.1 Å². The molecule has 5 nitrogen and oxygen atoms in total. The average Bonchev–Trinajstić information content (AvgIpc) is 2.41. The molecule has 126 valence electrons. The van der Waals surface area contributed by atoms with Crippen molar-refractivity contribution in [1.29, 1.82) is 0 Å². The van der Waals surface area contributed by atoms with Gasteiger partial charge >= 0.3 is 13.6 Å². The van der Waals surface area contributed by atoms with Crippen LogP contribution in [0.2, 0.25) is 0 Å². The third-order valence-electron chi connectivity index (χ3n) is 3.81. The van der Waals surface area contributed by atoms with Gasteiger partial charge in [0.25, 0.3) is 0 Å². The number of hydrogen-bond donors (Lipinski definition) is 2. The van der Waals surface area contributed by atoms with Gasteiger partial charge in [-0.1, -0.05) is 59.3 Å². The highest BCUT2D eigenvalue weighted by Crippen LogP contribution is 2.56. The summed E-state index contributed by atoms with van der Waals surface area (Å²) in [4.78, 5) is 32.0. The maximum Gasteiger partial charge on any atom is 0.342 e. The highest BCUT2D eigenvalue weighted by molar-refractivity contribution is 7.54. The molecular weight excluding hydrogens is 291 g/mol. The normalized spacial score (nSPS) is 14.7. The van der Waals surface area contributed by atoms with Gasteiger partial charge in [0.05, 0.1) is 6.61 Å². The molecule has 6 heteroatoms. The fraction of sp³-hybridized carbons (Fsp3) is 0.933. The highest BCUT2D eigenvalue weighted by atomic mass is 31.2. The van der Waals surface area contributed by atoms with Gasteiger partial charge in [0.2, 0.25) is 0 Å². The van der Waals surface area contributed by atoms with Gasteiger partial charge in [0.15, 0.2) is 5.16 Å². The molecule has 0 aliphatic carbocycles. The van der Waals surface area contributed by atoms with Gasteiger partial charge in [-0.2, -0.15) is 0 Å². The predicted octanol–water partition coefficient (Wildman–Crippen LogP) is 4.02. The van der Waals surface area contributed by atoms with Crippen LogP contribution < -0.4 is 0 Å². The van der Waals surface area contributed by atoms with E-state index in [0.29, 0.717) is 19.3 Å². The molecule has 1 unspecified atom stereocenters. The number of ether oxygens (including phenoxy) is 1. The topological polar surface area (TPSA) is 83.8 Å². The molecule has 0 rings (SSSR count). The Hall–Kier alpha value is -0.380. The Labute approximate surface area is 128 Å². The van der Waals surface area contributed by atoms with E-state index >= 15 is 0 Å². The lowest BCUT2D eigenvalue weighted by Crippen LogP contribution is -2.40. The zero-order chi connectivity index (χ0) is 16.4. The molecule has 2 N–H and O–H groups in total. The zero-order valence-corrected chi connectivity index (χ0v) is 14.5. The summed E-state index contributed by atoms with van der Waals surface area (Å²) in [6.07, 6.45) is 5.82. The average molecular weight is 322 g/mol. The Morgan fingerprint density at radius 2 is 1.48 bits per heavy atom. The number of unbranched alkanes of at least 4 members (excludes halogenated alkanes) is 4. The third kappa shape index (κ3) is 6.50. The first-order valence-electron chi connectivity index (χ1n) is 8.08. The van der Waals surface area contributed by atoms with Crippen molar-refractivity contribution in [1.82, 2.24) is 0 Å². The zero-order valence-electron chi connectivity index (χ0n) is 13.6. The van der Waals surface area contributed by atoms with E-state index in [4.69, 9.17) is 4.74 Å². The largest absolute Gasteiger partial charge is 0.465 e. The first-order valence-corrected chi connectivity index (χ1v) is 9.69. The molecule has 0 aliphatic heterocycles. The van der Waals surface area contributed by atoms with E-state index in [0.717, 1.165) is 25.7 Å². The molecule has 0 heterocycles. The van der Waals surface area contributed by atoms with Crippen molar-refractivity contribution >= 4 is 13.6 Å². The van der Waals surface area contributed by atoms with Crippen molar-refractivity contribution in [3.8, 4) is 0 Å². The number of rotatable bonds is 12. The molecule has 0 saturated heterocycles. The van der Waals surface area contributed by atoms with Crippen molar-refractivity contribution in [2.75, 3.05) is 6.61 Å². The lowest BCUT2D eigenvalue weighted by molar-refractivity contribution is -0.148. The summed E-state index contributed by atoms with van der Waals surface area (Å²) in [6, 6.07) is 0. The molecule has 0 aromatic rings. The monoisotopic (exact) mass is 322 g/mol. The molecule has 0 bridgehead atoms. The van der Waals surface area contributed by atoms with E-state index in [2.05, 4.69) is 0 Å². The van der Waals surface area contributed by atoms with Crippen LogP contribution in [0.5, 0.6) is 0 Å². The molecule has 0 radical (unpaired) electrons. The van der Waals surface area contributed by atoms with Crippen LogP contribution in [0.3, 0.4) is 0 Å². The Bertz CT molecular complexity index is 339. The van der Waals surface area contributed by atoms with Crippen LogP contribution in [0.15, 0.2) is 0 Å². The summed E-state index contributed by atoms with van der Waals surface area (Å²) in [6.45, 7) is 6.17. The first-order chi connectivity index (χ1) is 9.85. The maximum atomic E-state index is 12.4. The van der Waals surface area contributed by atoms with Crippen molar-refractivity contribution in [2.45, 2.75) is 83.7 Å². The lowest BCUT2D eigenvalue weighted by atomic mass is 9.94. The van der Waals surface area contributed by atoms with Crippen LogP contribution in [0.25, 0.3) is 0 Å². The fourth-order valence-electron chi connectivity index (χ4n) is 2.32. The Morgan fingerprint density at radius 3 is 1.95 bits per heavy atom. The predicted molar refractivity (Wildman–Crippen MR) is 84.3 cm³/mol. The van der Waals surface area contributed by atoms with Gasteiger partial charge in [0, 0.05) is 0 Å². The summed E-state index contributed by atoms with van der Waals surface area (Å²) in [5.74, 6) is -0.714. The van der Waals surface area contributed by atoms with Gasteiger partial charge in [-0.15, -0.1) is 0 Å².